The summed E-state index contributed by atoms with van der Waals surface area (Å²) in [6, 6.07) is 0. The third-order valence-electron chi connectivity index (χ3n) is 1.86. The van der Waals surface area contributed by atoms with Crippen LogP contribution in [-0.4, -0.2) is 17.0 Å². The van der Waals surface area contributed by atoms with Gasteiger partial charge in [-0.1, -0.05) is 20.8 Å². The van der Waals surface area contributed by atoms with Crippen molar-refractivity contribution in [3.63, 3.8) is 0 Å². The number of allylic oxidation sites excluding steroid dienone is 1. The standard InChI is InChI=1S/C9H14O2/c1-9(2,3)7-4-6(10)5-8(7)11/h4,6,10H,5H2,1-3H3. The Balaban J connectivity index is 2.88. The normalized spacial score (nSPS) is 25.6. The van der Waals surface area contributed by atoms with E-state index in [0.717, 1.165) is 5.57 Å². The van der Waals surface area contributed by atoms with Gasteiger partial charge in [-0.2, -0.15) is 0 Å². The third kappa shape index (κ3) is 1.69. The molecule has 0 spiro atoms. The molecular formula is C9H14O2. The van der Waals surface area contributed by atoms with Crippen molar-refractivity contribution >= 4 is 5.78 Å². The van der Waals surface area contributed by atoms with Crippen molar-refractivity contribution < 1.29 is 9.90 Å². The highest BCUT2D eigenvalue weighted by Crippen LogP contribution is 2.31. The van der Waals surface area contributed by atoms with Crippen LogP contribution in [0.2, 0.25) is 0 Å². The van der Waals surface area contributed by atoms with E-state index in [1.807, 2.05) is 20.8 Å². The molecule has 1 atom stereocenters. The summed E-state index contributed by atoms with van der Waals surface area (Å²) in [6.45, 7) is 5.94. The lowest BCUT2D eigenvalue weighted by Crippen LogP contribution is -2.14. The van der Waals surface area contributed by atoms with Crippen LogP contribution in [-0.2, 0) is 4.79 Å². The van der Waals surface area contributed by atoms with E-state index in [1.54, 1.807) is 6.08 Å². The predicted octanol–water partition coefficient (Wildman–Crippen LogP) is 1.29. The Morgan fingerprint density at radius 3 is 2.27 bits per heavy atom. The van der Waals surface area contributed by atoms with Gasteiger partial charge in [-0.25, -0.2) is 0 Å². The number of aliphatic hydroxyl groups is 1. The molecular weight excluding hydrogens is 140 g/mol. The van der Waals surface area contributed by atoms with E-state index in [4.69, 9.17) is 5.11 Å². The lowest BCUT2D eigenvalue weighted by molar-refractivity contribution is -0.116. The molecule has 0 fully saturated rings. The van der Waals surface area contributed by atoms with Crippen molar-refractivity contribution in [1.82, 2.24) is 0 Å². The number of aliphatic hydroxyl groups excluding tert-OH is 1. The van der Waals surface area contributed by atoms with E-state index in [0.29, 0.717) is 0 Å². The largest absolute Gasteiger partial charge is 0.389 e. The molecule has 0 saturated carbocycles. The predicted molar refractivity (Wildman–Crippen MR) is 43.2 cm³/mol. The number of ketones is 1. The van der Waals surface area contributed by atoms with Gasteiger partial charge in [-0.15, -0.1) is 0 Å². The van der Waals surface area contributed by atoms with Crippen LogP contribution in [0.3, 0.4) is 0 Å². The average Bonchev–Trinajstić information content (AvgIpc) is 2.08. The van der Waals surface area contributed by atoms with Crippen LogP contribution in [0.25, 0.3) is 0 Å². The van der Waals surface area contributed by atoms with Crippen molar-refractivity contribution in [1.29, 1.82) is 0 Å². The van der Waals surface area contributed by atoms with Gasteiger partial charge in [0, 0.05) is 6.42 Å². The molecule has 2 nitrogen and oxygen atoms in total. The van der Waals surface area contributed by atoms with Crippen LogP contribution in [0.15, 0.2) is 11.6 Å². The third-order valence-corrected chi connectivity index (χ3v) is 1.86. The fraction of sp³-hybridized carbons (Fsp3) is 0.667. The summed E-state index contributed by atoms with van der Waals surface area (Å²) in [5.41, 5.74) is 0.652. The number of hydrogen-bond donors (Lipinski definition) is 1. The van der Waals surface area contributed by atoms with Crippen molar-refractivity contribution in [3.8, 4) is 0 Å². The molecule has 1 N–H and O–H groups in total. The molecule has 0 bridgehead atoms. The van der Waals surface area contributed by atoms with Gasteiger partial charge in [0.15, 0.2) is 5.78 Å². The molecule has 1 aliphatic rings. The number of Topliss-reactive ketones (excluding diaryl/α,β-unsaturated/α-hetero) is 1. The van der Waals surface area contributed by atoms with Gasteiger partial charge in [-0.05, 0) is 17.1 Å². The molecule has 2 heteroatoms. The topological polar surface area (TPSA) is 37.3 Å². The minimum Gasteiger partial charge on any atom is -0.389 e. The van der Waals surface area contributed by atoms with Crippen LogP contribution in [0.1, 0.15) is 27.2 Å². The van der Waals surface area contributed by atoms with Crippen molar-refractivity contribution in [2.75, 3.05) is 0 Å². The maximum atomic E-state index is 11.2. The Bertz CT molecular complexity index is 208. The highest BCUT2D eigenvalue weighted by atomic mass is 16.3. The van der Waals surface area contributed by atoms with Crippen LogP contribution in [0.5, 0.6) is 0 Å². The zero-order valence-electron chi connectivity index (χ0n) is 7.22. The summed E-state index contributed by atoms with van der Waals surface area (Å²) in [4.78, 5) is 11.2. The Morgan fingerprint density at radius 2 is 2.09 bits per heavy atom. The van der Waals surface area contributed by atoms with Crippen LogP contribution in [0, 0.1) is 5.41 Å². The molecule has 0 saturated heterocycles. The second-order valence-corrected chi connectivity index (χ2v) is 4.02. The highest BCUT2D eigenvalue weighted by Gasteiger charge is 2.30. The lowest BCUT2D eigenvalue weighted by Gasteiger charge is -2.18. The molecule has 0 heterocycles. The minimum atomic E-state index is -0.545. The van der Waals surface area contributed by atoms with E-state index in [1.165, 1.54) is 0 Å². The van der Waals surface area contributed by atoms with Gasteiger partial charge in [0.1, 0.15) is 0 Å². The Kier molecular flexibility index (Phi) is 1.89. The van der Waals surface area contributed by atoms with E-state index < -0.39 is 6.10 Å². The summed E-state index contributed by atoms with van der Waals surface area (Å²) in [5, 5.41) is 9.14. The minimum absolute atomic E-state index is 0.0880. The SMILES string of the molecule is CC(C)(C)C1=CC(O)CC1=O. The van der Waals surface area contributed by atoms with Gasteiger partial charge < -0.3 is 5.11 Å². The maximum Gasteiger partial charge on any atom is 0.162 e. The van der Waals surface area contributed by atoms with Gasteiger partial charge in [0.2, 0.25) is 0 Å². The number of rotatable bonds is 0. The summed E-state index contributed by atoms with van der Waals surface area (Å²) >= 11 is 0. The molecule has 0 aliphatic heterocycles. The first-order chi connectivity index (χ1) is 4.91. The average molecular weight is 154 g/mol. The Morgan fingerprint density at radius 1 is 1.55 bits per heavy atom. The molecule has 0 amide bonds. The summed E-state index contributed by atoms with van der Waals surface area (Å²) in [6.07, 6.45) is 1.39. The van der Waals surface area contributed by atoms with E-state index in [2.05, 4.69) is 0 Å². The monoisotopic (exact) mass is 154 g/mol. The van der Waals surface area contributed by atoms with Gasteiger partial charge >= 0.3 is 0 Å². The lowest BCUT2D eigenvalue weighted by atomic mass is 9.85. The molecule has 1 aliphatic carbocycles. The highest BCUT2D eigenvalue weighted by molar-refractivity contribution is 5.99. The Labute approximate surface area is 66.9 Å². The zero-order valence-corrected chi connectivity index (χ0v) is 7.22. The fourth-order valence-corrected chi connectivity index (χ4v) is 1.31. The first-order valence-electron chi connectivity index (χ1n) is 3.85. The van der Waals surface area contributed by atoms with Crippen molar-refractivity contribution in [2.45, 2.75) is 33.3 Å². The van der Waals surface area contributed by atoms with E-state index >= 15 is 0 Å². The number of hydrogen-bond acceptors (Lipinski definition) is 2. The van der Waals surface area contributed by atoms with Crippen molar-refractivity contribution in [2.24, 2.45) is 5.41 Å². The summed E-state index contributed by atoms with van der Waals surface area (Å²) in [7, 11) is 0. The van der Waals surface area contributed by atoms with Crippen molar-refractivity contribution in [3.05, 3.63) is 11.6 Å². The number of carbonyl (C=O) groups is 1. The van der Waals surface area contributed by atoms with Gasteiger partial charge in [0.25, 0.3) is 0 Å². The Hall–Kier alpha value is -0.630. The fourth-order valence-electron chi connectivity index (χ4n) is 1.31. The molecule has 0 aromatic heterocycles. The van der Waals surface area contributed by atoms with E-state index in [9.17, 15) is 4.79 Å². The smallest absolute Gasteiger partial charge is 0.162 e. The zero-order chi connectivity index (χ0) is 8.65. The molecule has 1 unspecified atom stereocenters. The van der Waals surface area contributed by atoms with Crippen LogP contribution in [0.4, 0.5) is 0 Å². The molecule has 0 aromatic carbocycles. The van der Waals surface area contributed by atoms with Gasteiger partial charge in [-0.3, -0.25) is 4.79 Å². The van der Waals surface area contributed by atoms with Crippen LogP contribution >= 0.6 is 0 Å². The molecule has 62 valence electrons. The first kappa shape index (κ1) is 8.47. The summed E-state index contributed by atoms with van der Waals surface area (Å²) in [5.74, 6) is 0.0880. The van der Waals surface area contributed by atoms with E-state index in [-0.39, 0.29) is 17.6 Å². The molecule has 1 rings (SSSR count). The number of carbonyl (C=O) groups excluding carboxylic acids is 1. The molecule has 11 heavy (non-hydrogen) atoms. The maximum absolute atomic E-state index is 11.2. The molecule has 0 aromatic rings. The van der Waals surface area contributed by atoms with Gasteiger partial charge in [0.05, 0.1) is 6.10 Å². The first-order valence-corrected chi connectivity index (χ1v) is 3.85. The second-order valence-electron chi connectivity index (χ2n) is 4.02. The quantitative estimate of drug-likeness (QED) is 0.571. The molecule has 0 radical (unpaired) electrons. The second kappa shape index (κ2) is 2.45. The van der Waals surface area contributed by atoms with Crippen LogP contribution < -0.4 is 0 Å². The summed E-state index contributed by atoms with van der Waals surface area (Å²) < 4.78 is 0.